The van der Waals surface area contributed by atoms with E-state index in [1.165, 1.54) is 43.3 Å². The van der Waals surface area contributed by atoms with Crippen LogP contribution in [0.5, 0.6) is 0 Å². The molecule has 1 N–H and O–H groups in total. The summed E-state index contributed by atoms with van der Waals surface area (Å²) in [6, 6.07) is 0. The molecule has 0 heterocycles. The highest BCUT2D eigenvalue weighted by Gasteiger charge is 2.50. The highest BCUT2D eigenvalue weighted by atomic mass is 16.3. The number of aliphatic hydroxyl groups excluding tert-OH is 1. The summed E-state index contributed by atoms with van der Waals surface area (Å²) in [4.78, 5) is 0. The summed E-state index contributed by atoms with van der Waals surface area (Å²) in [5, 5.41) is 10.2. The van der Waals surface area contributed by atoms with Gasteiger partial charge in [-0.05, 0) is 91.1 Å². The van der Waals surface area contributed by atoms with Crippen LogP contribution >= 0.6 is 0 Å². The molecule has 0 aromatic heterocycles. The summed E-state index contributed by atoms with van der Waals surface area (Å²) in [7, 11) is 0. The quantitative estimate of drug-likeness (QED) is 0.508. The molecule has 3 saturated carbocycles. The van der Waals surface area contributed by atoms with Crippen LogP contribution in [0.25, 0.3) is 0 Å². The topological polar surface area (TPSA) is 20.2 Å². The normalized spacial score (nSPS) is 40.6. The molecule has 3 aliphatic carbocycles. The van der Waals surface area contributed by atoms with Crippen LogP contribution in [-0.4, -0.2) is 11.2 Å². The van der Waals surface area contributed by atoms with Crippen LogP contribution in [-0.2, 0) is 0 Å². The summed E-state index contributed by atoms with van der Waals surface area (Å²) < 4.78 is 0. The van der Waals surface area contributed by atoms with E-state index < -0.39 is 0 Å². The molecule has 3 aliphatic rings. The van der Waals surface area contributed by atoms with Gasteiger partial charge >= 0.3 is 0 Å². The third-order valence-corrected chi connectivity index (χ3v) is 8.06. The van der Waals surface area contributed by atoms with Crippen LogP contribution in [0.3, 0.4) is 0 Å². The Labute approximate surface area is 173 Å². The van der Waals surface area contributed by atoms with Crippen molar-refractivity contribution < 1.29 is 5.11 Å². The average molecular weight is 383 g/mol. The molecule has 3 rings (SSSR count). The number of fused-ring (bicyclic) bond motifs is 1. The number of aliphatic hydroxyl groups is 1. The molecule has 0 aliphatic heterocycles. The Morgan fingerprint density at radius 1 is 1.14 bits per heavy atom. The maximum Gasteiger partial charge on any atom is 0.0586 e. The molecule has 156 valence electrons. The van der Waals surface area contributed by atoms with Crippen molar-refractivity contribution in [1.82, 2.24) is 0 Å². The van der Waals surface area contributed by atoms with Crippen molar-refractivity contribution >= 4 is 0 Å². The predicted molar refractivity (Wildman–Crippen MR) is 121 cm³/mol. The molecular formula is C27H42O. The van der Waals surface area contributed by atoms with Crippen molar-refractivity contribution in [2.75, 3.05) is 0 Å². The number of allylic oxidation sites excluding steroid dienone is 6. The fraction of sp³-hybridized carbons (Fsp3) is 0.704. The van der Waals surface area contributed by atoms with E-state index in [0.29, 0.717) is 23.2 Å². The molecule has 28 heavy (non-hydrogen) atoms. The smallest absolute Gasteiger partial charge is 0.0586 e. The zero-order valence-electron chi connectivity index (χ0n) is 18.9. The van der Waals surface area contributed by atoms with Crippen molar-refractivity contribution in [3.8, 4) is 0 Å². The van der Waals surface area contributed by atoms with Gasteiger partial charge in [0.1, 0.15) is 0 Å². The SMILES string of the molecule is C=C1C(=CC=C2CCCC3(C)C2CC[C@@H]3[C@H](C)C=CC(C)C)C[C@@H](O)C[C@@H]1C. The van der Waals surface area contributed by atoms with Crippen LogP contribution in [0.15, 0.2) is 47.6 Å². The first-order chi connectivity index (χ1) is 13.2. The lowest BCUT2D eigenvalue weighted by Gasteiger charge is -2.44. The molecular weight excluding hydrogens is 340 g/mol. The first-order valence-electron chi connectivity index (χ1n) is 11.7. The second-order valence-corrected chi connectivity index (χ2v) is 10.5. The van der Waals surface area contributed by atoms with E-state index in [0.717, 1.165) is 24.7 Å². The summed E-state index contributed by atoms with van der Waals surface area (Å²) in [5.74, 6) is 3.24. The third-order valence-electron chi connectivity index (χ3n) is 8.06. The minimum absolute atomic E-state index is 0.203. The maximum absolute atomic E-state index is 10.2. The Morgan fingerprint density at radius 3 is 2.61 bits per heavy atom. The highest BCUT2D eigenvalue weighted by molar-refractivity contribution is 5.37. The van der Waals surface area contributed by atoms with Gasteiger partial charge in [-0.3, -0.25) is 0 Å². The second kappa shape index (κ2) is 8.74. The fourth-order valence-electron chi connectivity index (χ4n) is 6.39. The first-order valence-corrected chi connectivity index (χ1v) is 11.7. The molecule has 0 aromatic carbocycles. The van der Waals surface area contributed by atoms with Gasteiger partial charge in [-0.1, -0.05) is 71.1 Å². The van der Waals surface area contributed by atoms with Gasteiger partial charge < -0.3 is 5.11 Å². The zero-order chi connectivity index (χ0) is 20.5. The minimum Gasteiger partial charge on any atom is -0.393 e. The summed E-state index contributed by atoms with van der Waals surface area (Å²) in [6.07, 6.45) is 17.7. The molecule has 1 nitrogen and oxygen atoms in total. The number of hydrogen-bond donors (Lipinski definition) is 1. The van der Waals surface area contributed by atoms with Crippen molar-refractivity contribution in [2.45, 2.75) is 85.7 Å². The molecule has 6 atom stereocenters. The van der Waals surface area contributed by atoms with Gasteiger partial charge in [-0.2, -0.15) is 0 Å². The van der Waals surface area contributed by atoms with E-state index in [2.05, 4.69) is 65.5 Å². The summed E-state index contributed by atoms with van der Waals surface area (Å²) in [5.41, 5.74) is 4.61. The van der Waals surface area contributed by atoms with Crippen molar-refractivity contribution in [2.24, 2.45) is 35.0 Å². The first kappa shape index (κ1) is 21.6. The van der Waals surface area contributed by atoms with Gasteiger partial charge in [0, 0.05) is 0 Å². The Balaban J connectivity index is 1.79. The Morgan fingerprint density at radius 2 is 1.89 bits per heavy atom. The third kappa shape index (κ3) is 4.40. The molecule has 0 radical (unpaired) electrons. The van der Waals surface area contributed by atoms with E-state index in [9.17, 15) is 5.11 Å². The molecule has 3 fully saturated rings. The van der Waals surface area contributed by atoms with E-state index in [1.54, 1.807) is 5.57 Å². The van der Waals surface area contributed by atoms with Crippen molar-refractivity contribution in [1.29, 1.82) is 0 Å². The van der Waals surface area contributed by atoms with Crippen LogP contribution in [0.2, 0.25) is 0 Å². The molecule has 0 aromatic rings. The molecule has 0 saturated heterocycles. The number of hydrogen-bond acceptors (Lipinski definition) is 1. The van der Waals surface area contributed by atoms with Crippen LogP contribution in [0.1, 0.15) is 79.6 Å². The van der Waals surface area contributed by atoms with Gasteiger partial charge in [0.15, 0.2) is 0 Å². The minimum atomic E-state index is -0.203. The van der Waals surface area contributed by atoms with Gasteiger partial charge in [0.05, 0.1) is 6.10 Å². The van der Waals surface area contributed by atoms with E-state index in [4.69, 9.17) is 0 Å². The highest BCUT2D eigenvalue weighted by Crippen LogP contribution is 2.59. The standard InChI is InChI=1S/C27H42O/c1-18(2)9-10-19(3)25-13-14-26-22(8-7-15-27(25,26)6)11-12-23-17-24(28)16-20(4)21(23)5/h9-12,18-20,24-26,28H,5,7-8,13-17H2,1-4,6H3/t19-,20+,24+,25-,26?,27?/m1/s1. The van der Waals surface area contributed by atoms with Gasteiger partial charge in [-0.15, -0.1) is 0 Å². The molecule has 0 bridgehead atoms. The van der Waals surface area contributed by atoms with Gasteiger partial charge in [0.25, 0.3) is 0 Å². The van der Waals surface area contributed by atoms with Crippen LogP contribution < -0.4 is 0 Å². The maximum atomic E-state index is 10.2. The lowest BCUT2D eigenvalue weighted by molar-refractivity contribution is 0.112. The molecule has 0 amide bonds. The molecule has 0 spiro atoms. The molecule has 2 unspecified atom stereocenters. The summed E-state index contributed by atoms with van der Waals surface area (Å²) >= 11 is 0. The van der Waals surface area contributed by atoms with Crippen LogP contribution in [0.4, 0.5) is 0 Å². The van der Waals surface area contributed by atoms with Crippen molar-refractivity contribution in [3.05, 3.63) is 47.6 Å². The average Bonchev–Trinajstić information content (AvgIpc) is 2.99. The second-order valence-electron chi connectivity index (χ2n) is 10.5. The van der Waals surface area contributed by atoms with E-state index in [1.807, 2.05) is 0 Å². The van der Waals surface area contributed by atoms with Gasteiger partial charge in [0.2, 0.25) is 0 Å². The van der Waals surface area contributed by atoms with Gasteiger partial charge in [-0.25, -0.2) is 0 Å². The van der Waals surface area contributed by atoms with Crippen LogP contribution in [0, 0.1) is 35.0 Å². The predicted octanol–water partition coefficient (Wildman–Crippen LogP) is 7.25. The van der Waals surface area contributed by atoms with Crippen molar-refractivity contribution in [3.63, 3.8) is 0 Å². The molecule has 1 heteroatoms. The Hall–Kier alpha value is -1.08. The van der Waals surface area contributed by atoms with E-state index >= 15 is 0 Å². The summed E-state index contributed by atoms with van der Waals surface area (Å²) in [6.45, 7) is 16.1. The zero-order valence-corrected chi connectivity index (χ0v) is 18.9. The largest absolute Gasteiger partial charge is 0.393 e. The lowest BCUT2D eigenvalue weighted by Crippen LogP contribution is -2.35. The fourth-order valence-corrected chi connectivity index (χ4v) is 6.39. The number of rotatable bonds is 4. The lowest BCUT2D eigenvalue weighted by atomic mass is 9.61. The Kier molecular flexibility index (Phi) is 6.75. The monoisotopic (exact) mass is 382 g/mol. The van der Waals surface area contributed by atoms with E-state index in [-0.39, 0.29) is 6.10 Å². The Bertz CT molecular complexity index is 664.